The maximum atomic E-state index is 11.3. The molecule has 0 aromatic heterocycles. The normalized spacial score (nSPS) is 15.3. The molecule has 1 aromatic rings. The third-order valence-corrected chi connectivity index (χ3v) is 2.82. The Kier molecular flexibility index (Phi) is 3.50. The van der Waals surface area contributed by atoms with Gasteiger partial charge in [-0.3, -0.25) is 4.79 Å². The molecule has 1 atom stereocenters. The van der Waals surface area contributed by atoms with Crippen LogP contribution in [0.15, 0.2) is 18.2 Å². The SMILES string of the molecule is COC(=O)[C@H](C)Oc1ccc2c(c1)NC(=O)CC2. The Morgan fingerprint density at radius 1 is 1.39 bits per heavy atom. The highest BCUT2D eigenvalue weighted by Crippen LogP contribution is 2.27. The fraction of sp³-hybridized carbons (Fsp3) is 0.385. The lowest BCUT2D eigenvalue weighted by Crippen LogP contribution is -2.25. The Bertz CT molecular complexity index is 484. The van der Waals surface area contributed by atoms with Gasteiger partial charge in [0.25, 0.3) is 0 Å². The Morgan fingerprint density at radius 2 is 2.17 bits per heavy atom. The van der Waals surface area contributed by atoms with Gasteiger partial charge in [-0.15, -0.1) is 0 Å². The van der Waals surface area contributed by atoms with Gasteiger partial charge in [0.2, 0.25) is 5.91 Å². The highest BCUT2D eigenvalue weighted by atomic mass is 16.6. The van der Waals surface area contributed by atoms with Gasteiger partial charge in [0.1, 0.15) is 5.75 Å². The standard InChI is InChI=1S/C13H15NO4/c1-8(13(16)17-2)18-10-5-3-9-4-6-12(15)14-11(9)7-10/h3,5,7-8H,4,6H2,1-2H3,(H,14,15)/t8-/m0/s1. The number of aryl methyl sites for hydroxylation is 1. The van der Waals surface area contributed by atoms with Crippen LogP contribution < -0.4 is 10.1 Å². The Balaban J connectivity index is 2.13. The summed E-state index contributed by atoms with van der Waals surface area (Å²) in [6.45, 7) is 1.61. The average Bonchev–Trinajstić information content (AvgIpc) is 2.37. The predicted octanol–water partition coefficient (Wildman–Crippen LogP) is 1.51. The van der Waals surface area contributed by atoms with Crippen molar-refractivity contribution in [3.05, 3.63) is 23.8 Å². The number of benzene rings is 1. The largest absolute Gasteiger partial charge is 0.479 e. The van der Waals surface area contributed by atoms with Gasteiger partial charge in [-0.25, -0.2) is 4.79 Å². The number of anilines is 1. The minimum absolute atomic E-state index is 0.000617. The van der Waals surface area contributed by atoms with Crippen LogP contribution in [0.4, 0.5) is 5.69 Å². The number of rotatable bonds is 3. The van der Waals surface area contributed by atoms with Crippen molar-refractivity contribution in [3.8, 4) is 5.75 Å². The molecule has 1 amide bonds. The van der Waals surface area contributed by atoms with Crippen molar-refractivity contribution >= 4 is 17.6 Å². The number of hydrogen-bond donors (Lipinski definition) is 1. The molecule has 2 rings (SSSR count). The fourth-order valence-electron chi connectivity index (χ4n) is 1.84. The molecule has 0 spiro atoms. The van der Waals surface area contributed by atoms with Crippen LogP contribution in [0.3, 0.4) is 0 Å². The molecule has 5 nitrogen and oxygen atoms in total. The minimum Gasteiger partial charge on any atom is -0.479 e. The highest BCUT2D eigenvalue weighted by Gasteiger charge is 2.18. The molecule has 0 radical (unpaired) electrons. The van der Waals surface area contributed by atoms with Gasteiger partial charge in [0.15, 0.2) is 6.10 Å². The lowest BCUT2D eigenvalue weighted by Gasteiger charge is -2.19. The van der Waals surface area contributed by atoms with Crippen LogP contribution in [0.25, 0.3) is 0 Å². The summed E-state index contributed by atoms with van der Waals surface area (Å²) in [4.78, 5) is 22.5. The van der Waals surface area contributed by atoms with E-state index >= 15 is 0 Å². The first-order valence-corrected chi connectivity index (χ1v) is 5.77. The first kappa shape index (κ1) is 12.4. The summed E-state index contributed by atoms with van der Waals surface area (Å²) in [6, 6.07) is 5.41. The van der Waals surface area contributed by atoms with Gasteiger partial charge >= 0.3 is 5.97 Å². The number of ether oxygens (including phenoxy) is 2. The quantitative estimate of drug-likeness (QED) is 0.825. The fourth-order valence-corrected chi connectivity index (χ4v) is 1.84. The molecule has 1 N–H and O–H groups in total. The average molecular weight is 249 g/mol. The summed E-state index contributed by atoms with van der Waals surface area (Å²) in [5.41, 5.74) is 1.83. The van der Waals surface area contributed by atoms with Crippen molar-refractivity contribution in [2.45, 2.75) is 25.9 Å². The van der Waals surface area contributed by atoms with E-state index < -0.39 is 12.1 Å². The summed E-state index contributed by atoms with van der Waals surface area (Å²) in [7, 11) is 1.31. The summed E-state index contributed by atoms with van der Waals surface area (Å²) in [5, 5.41) is 2.78. The summed E-state index contributed by atoms with van der Waals surface area (Å²) in [5.74, 6) is 0.103. The van der Waals surface area contributed by atoms with Crippen LogP contribution in [0.2, 0.25) is 0 Å². The van der Waals surface area contributed by atoms with Gasteiger partial charge in [0, 0.05) is 18.2 Å². The monoisotopic (exact) mass is 249 g/mol. The van der Waals surface area contributed by atoms with Gasteiger partial charge in [-0.05, 0) is 25.0 Å². The van der Waals surface area contributed by atoms with Crippen LogP contribution in [-0.2, 0) is 20.7 Å². The number of esters is 1. The maximum Gasteiger partial charge on any atom is 0.346 e. The van der Waals surface area contributed by atoms with Crippen LogP contribution in [0.1, 0.15) is 18.9 Å². The van der Waals surface area contributed by atoms with E-state index in [0.717, 1.165) is 17.7 Å². The minimum atomic E-state index is -0.674. The van der Waals surface area contributed by atoms with Crippen molar-refractivity contribution < 1.29 is 19.1 Å². The van der Waals surface area contributed by atoms with Crippen molar-refractivity contribution in [2.75, 3.05) is 12.4 Å². The molecule has 0 bridgehead atoms. The van der Waals surface area contributed by atoms with E-state index in [-0.39, 0.29) is 5.91 Å². The molecule has 0 saturated heterocycles. The van der Waals surface area contributed by atoms with E-state index in [1.807, 2.05) is 6.07 Å². The van der Waals surface area contributed by atoms with E-state index in [2.05, 4.69) is 10.1 Å². The van der Waals surface area contributed by atoms with Crippen LogP contribution in [0.5, 0.6) is 5.75 Å². The first-order chi connectivity index (χ1) is 8.60. The Hall–Kier alpha value is -2.04. The van der Waals surface area contributed by atoms with Crippen LogP contribution in [-0.4, -0.2) is 25.1 Å². The number of carbonyl (C=O) groups is 2. The van der Waals surface area contributed by atoms with E-state index in [0.29, 0.717) is 12.2 Å². The van der Waals surface area contributed by atoms with Gasteiger partial charge < -0.3 is 14.8 Å². The summed E-state index contributed by atoms with van der Waals surface area (Å²) < 4.78 is 10.0. The predicted molar refractivity (Wildman–Crippen MR) is 65.5 cm³/mol. The zero-order chi connectivity index (χ0) is 13.1. The maximum absolute atomic E-state index is 11.3. The third kappa shape index (κ3) is 2.61. The van der Waals surface area contributed by atoms with Gasteiger partial charge in [0.05, 0.1) is 7.11 Å². The number of methoxy groups -OCH3 is 1. The van der Waals surface area contributed by atoms with E-state index in [9.17, 15) is 9.59 Å². The van der Waals surface area contributed by atoms with E-state index in [1.165, 1.54) is 7.11 Å². The molecule has 18 heavy (non-hydrogen) atoms. The number of amides is 1. The zero-order valence-corrected chi connectivity index (χ0v) is 10.4. The molecule has 0 saturated carbocycles. The molecule has 1 aliphatic heterocycles. The number of fused-ring (bicyclic) bond motifs is 1. The molecule has 1 heterocycles. The molecule has 96 valence electrons. The zero-order valence-electron chi connectivity index (χ0n) is 10.4. The number of hydrogen-bond acceptors (Lipinski definition) is 4. The number of nitrogens with one attached hydrogen (secondary N) is 1. The molecule has 0 aliphatic carbocycles. The number of carbonyl (C=O) groups excluding carboxylic acids is 2. The molecule has 5 heteroatoms. The molecule has 1 aromatic carbocycles. The van der Waals surface area contributed by atoms with Crippen molar-refractivity contribution in [1.82, 2.24) is 0 Å². The topological polar surface area (TPSA) is 64.6 Å². The van der Waals surface area contributed by atoms with E-state index in [1.54, 1.807) is 19.1 Å². The Morgan fingerprint density at radius 3 is 2.89 bits per heavy atom. The van der Waals surface area contributed by atoms with Crippen molar-refractivity contribution in [3.63, 3.8) is 0 Å². The van der Waals surface area contributed by atoms with Crippen molar-refractivity contribution in [2.24, 2.45) is 0 Å². The summed E-state index contributed by atoms with van der Waals surface area (Å²) in [6.07, 6.45) is 0.562. The van der Waals surface area contributed by atoms with E-state index in [4.69, 9.17) is 4.74 Å². The lowest BCUT2D eigenvalue weighted by atomic mass is 10.0. The summed E-state index contributed by atoms with van der Waals surface area (Å²) >= 11 is 0. The second kappa shape index (κ2) is 5.08. The second-order valence-electron chi connectivity index (χ2n) is 4.15. The lowest BCUT2D eigenvalue weighted by molar-refractivity contribution is -0.147. The molecule has 0 fully saturated rings. The molecular formula is C13H15NO4. The first-order valence-electron chi connectivity index (χ1n) is 5.77. The molecular weight excluding hydrogens is 234 g/mol. The van der Waals surface area contributed by atoms with Crippen LogP contribution >= 0.6 is 0 Å². The Labute approximate surface area is 105 Å². The highest BCUT2D eigenvalue weighted by molar-refractivity contribution is 5.94. The van der Waals surface area contributed by atoms with Crippen molar-refractivity contribution in [1.29, 1.82) is 0 Å². The van der Waals surface area contributed by atoms with Gasteiger partial charge in [-0.1, -0.05) is 6.07 Å². The van der Waals surface area contributed by atoms with Crippen LogP contribution in [0, 0.1) is 0 Å². The smallest absolute Gasteiger partial charge is 0.346 e. The molecule has 0 unspecified atom stereocenters. The molecule has 1 aliphatic rings. The third-order valence-electron chi connectivity index (χ3n) is 2.82. The second-order valence-corrected chi connectivity index (χ2v) is 4.15. The van der Waals surface area contributed by atoms with Gasteiger partial charge in [-0.2, -0.15) is 0 Å².